The number of pyridine rings is 1. The van der Waals surface area contributed by atoms with Crippen LogP contribution in [0.4, 0.5) is 28.9 Å². The van der Waals surface area contributed by atoms with Crippen LogP contribution in [0.5, 0.6) is 0 Å². The standard InChI is InChI=1S/C19H21F4N3O/c1-17(2)19(22,23)18(3,25-6-7-27-17)15-9-13(4-5-16(15)21)26-14-8-12(20)10-24-11-14/h4-5,8-11,25-26H,6-7H2,1-3H3/t18-/m1/s1. The first-order valence-electron chi connectivity index (χ1n) is 8.51. The Bertz CT molecular complexity index is 843. The molecule has 1 aromatic heterocycles. The largest absolute Gasteiger partial charge is 0.368 e. The SMILES string of the molecule is CC1(C)OCCN[C@](C)(c2cc(Nc3cncc(F)c3)ccc2F)C1(F)F. The Morgan fingerprint density at radius 2 is 1.81 bits per heavy atom. The lowest BCUT2D eigenvalue weighted by molar-refractivity contribution is -0.216. The predicted molar refractivity (Wildman–Crippen MR) is 94.2 cm³/mol. The molecule has 27 heavy (non-hydrogen) atoms. The van der Waals surface area contributed by atoms with Gasteiger partial charge >= 0.3 is 0 Å². The van der Waals surface area contributed by atoms with Crippen LogP contribution in [0.2, 0.25) is 0 Å². The average Bonchev–Trinajstić information content (AvgIpc) is 2.67. The summed E-state index contributed by atoms with van der Waals surface area (Å²) in [6.45, 7) is 4.05. The van der Waals surface area contributed by atoms with Gasteiger partial charge in [0.15, 0.2) is 0 Å². The van der Waals surface area contributed by atoms with Crippen LogP contribution in [0.15, 0.2) is 36.7 Å². The molecule has 1 atom stereocenters. The summed E-state index contributed by atoms with van der Waals surface area (Å²) in [4.78, 5) is 3.72. The number of halogens is 4. The van der Waals surface area contributed by atoms with Crippen molar-refractivity contribution in [3.05, 3.63) is 53.9 Å². The van der Waals surface area contributed by atoms with E-state index in [1.165, 1.54) is 45.2 Å². The van der Waals surface area contributed by atoms with E-state index < -0.39 is 28.7 Å². The van der Waals surface area contributed by atoms with Crippen molar-refractivity contribution in [2.45, 2.75) is 37.8 Å². The third-order valence-electron chi connectivity index (χ3n) is 4.93. The van der Waals surface area contributed by atoms with Gasteiger partial charge in [-0.05, 0) is 39.0 Å². The average molecular weight is 383 g/mol. The fraction of sp³-hybridized carbons (Fsp3) is 0.421. The number of benzene rings is 1. The van der Waals surface area contributed by atoms with Gasteiger partial charge in [-0.25, -0.2) is 17.6 Å². The molecule has 146 valence electrons. The first kappa shape index (κ1) is 19.6. The summed E-state index contributed by atoms with van der Waals surface area (Å²) < 4.78 is 63.9. The molecule has 0 radical (unpaired) electrons. The normalized spacial score (nSPS) is 24.3. The van der Waals surface area contributed by atoms with Crippen molar-refractivity contribution >= 4 is 11.4 Å². The summed E-state index contributed by atoms with van der Waals surface area (Å²) >= 11 is 0. The molecule has 0 spiro atoms. The van der Waals surface area contributed by atoms with Gasteiger partial charge in [0.25, 0.3) is 5.92 Å². The van der Waals surface area contributed by atoms with Crippen LogP contribution in [0, 0.1) is 11.6 Å². The van der Waals surface area contributed by atoms with Gasteiger partial charge in [-0.3, -0.25) is 4.98 Å². The van der Waals surface area contributed by atoms with E-state index in [1.54, 1.807) is 0 Å². The number of rotatable bonds is 3. The van der Waals surface area contributed by atoms with Crippen molar-refractivity contribution in [3.63, 3.8) is 0 Å². The fourth-order valence-electron chi connectivity index (χ4n) is 3.31. The Balaban J connectivity index is 2.04. The molecule has 0 amide bonds. The Morgan fingerprint density at radius 1 is 1.07 bits per heavy atom. The third kappa shape index (κ3) is 3.39. The maximum atomic E-state index is 15.3. The number of nitrogens with one attached hydrogen (secondary N) is 2. The van der Waals surface area contributed by atoms with Crippen LogP contribution >= 0.6 is 0 Å². The first-order chi connectivity index (χ1) is 12.6. The molecule has 1 aliphatic heterocycles. The summed E-state index contributed by atoms with van der Waals surface area (Å²) in [5, 5.41) is 5.61. The number of hydrogen-bond acceptors (Lipinski definition) is 4. The molecule has 0 aliphatic carbocycles. The second kappa shape index (κ2) is 6.76. The van der Waals surface area contributed by atoms with Gasteiger partial charge in [0.05, 0.1) is 24.7 Å². The lowest BCUT2D eigenvalue weighted by atomic mass is 9.77. The minimum absolute atomic E-state index is 0.0761. The van der Waals surface area contributed by atoms with Crippen molar-refractivity contribution in [1.82, 2.24) is 10.3 Å². The topological polar surface area (TPSA) is 46.2 Å². The molecule has 1 saturated heterocycles. The summed E-state index contributed by atoms with van der Waals surface area (Å²) in [5.41, 5.74) is -3.36. The van der Waals surface area contributed by atoms with Crippen LogP contribution in [0.25, 0.3) is 0 Å². The van der Waals surface area contributed by atoms with E-state index in [-0.39, 0.29) is 18.7 Å². The quantitative estimate of drug-likeness (QED) is 0.774. The highest BCUT2D eigenvalue weighted by molar-refractivity contribution is 5.60. The highest BCUT2D eigenvalue weighted by Gasteiger charge is 2.63. The zero-order valence-corrected chi connectivity index (χ0v) is 15.2. The number of anilines is 2. The van der Waals surface area contributed by atoms with E-state index in [0.717, 1.165) is 12.3 Å². The zero-order chi connectivity index (χ0) is 19.9. The van der Waals surface area contributed by atoms with Gasteiger partial charge in [-0.1, -0.05) is 0 Å². The van der Waals surface area contributed by atoms with Crippen molar-refractivity contribution in [2.75, 3.05) is 18.5 Å². The number of aromatic nitrogens is 1. The molecule has 4 nitrogen and oxygen atoms in total. The fourth-order valence-corrected chi connectivity index (χ4v) is 3.31. The maximum absolute atomic E-state index is 15.3. The van der Waals surface area contributed by atoms with Crippen molar-refractivity contribution in [1.29, 1.82) is 0 Å². The van der Waals surface area contributed by atoms with Crippen molar-refractivity contribution in [3.8, 4) is 0 Å². The lowest BCUT2D eigenvalue weighted by Gasteiger charge is -2.44. The van der Waals surface area contributed by atoms with Crippen LogP contribution in [0.3, 0.4) is 0 Å². The highest BCUT2D eigenvalue weighted by atomic mass is 19.3. The van der Waals surface area contributed by atoms with E-state index in [1.807, 2.05) is 0 Å². The Hall–Kier alpha value is -2.19. The van der Waals surface area contributed by atoms with Crippen molar-refractivity contribution < 1.29 is 22.3 Å². The van der Waals surface area contributed by atoms with Gasteiger partial charge in [0.2, 0.25) is 0 Å². The van der Waals surface area contributed by atoms with Crippen LogP contribution in [-0.4, -0.2) is 29.7 Å². The van der Waals surface area contributed by atoms with E-state index in [2.05, 4.69) is 15.6 Å². The molecule has 0 saturated carbocycles. The van der Waals surface area contributed by atoms with Gasteiger partial charge in [0, 0.05) is 23.9 Å². The monoisotopic (exact) mass is 383 g/mol. The summed E-state index contributed by atoms with van der Waals surface area (Å²) in [6, 6.07) is 4.99. The van der Waals surface area contributed by atoms with Gasteiger partial charge in [0.1, 0.15) is 22.8 Å². The summed E-state index contributed by atoms with van der Waals surface area (Å²) in [5.74, 6) is -4.74. The van der Waals surface area contributed by atoms with Gasteiger partial charge in [-0.15, -0.1) is 0 Å². The van der Waals surface area contributed by atoms with Crippen LogP contribution in [-0.2, 0) is 10.3 Å². The predicted octanol–water partition coefficient (Wildman–Crippen LogP) is 4.35. The molecular weight excluding hydrogens is 362 g/mol. The Kier molecular flexibility index (Phi) is 4.90. The van der Waals surface area contributed by atoms with E-state index in [9.17, 15) is 8.78 Å². The molecule has 2 aromatic rings. The van der Waals surface area contributed by atoms with Crippen LogP contribution in [0.1, 0.15) is 26.3 Å². The molecule has 1 aromatic carbocycles. The minimum Gasteiger partial charge on any atom is -0.368 e. The van der Waals surface area contributed by atoms with E-state index in [0.29, 0.717) is 11.4 Å². The van der Waals surface area contributed by atoms with E-state index >= 15 is 8.78 Å². The van der Waals surface area contributed by atoms with E-state index in [4.69, 9.17) is 4.74 Å². The molecule has 1 aliphatic rings. The molecule has 0 unspecified atom stereocenters. The minimum atomic E-state index is -3.42. The van der Waals surface area contributed by atoms with Crippen LogP contribution < -0.4 is 10.6 Å². The maximum Gasteiger partial charge on any atom is 0.297 e. The second-order valence-corrected chi connectivity index (χ2v) is 7.20. The number of hydrogen-bond donors (Lipinski definition) is 2. The molecule has 3 rings (SSSR count). The first-order valence-corrected chi connectivity index (χ1v) is 8.51. The Morgan fingerprint density at radius 3 is 2.52 bits per heavy atom. The highest BCUT2D eigenvalue weighted by Crippen LogP contribution is 2.48. The lowest BCUT2D eigenvalue weighted by Crippen LogP contribution is -2.61. The summed E-state index contributed by atoms with van der Waals surface area (Å²) in [7, 11) is 0. The van der Waals surface area contributed by atoms with Gasteiger partial charge in [-0.2, -0.15) is 0 Å². The molecule has 2 N–H and O–H groups in total. The molecular formula is C19H21F4N3O. The zero-order valence-electron chi connectivity index (χ0n) is 15.2. The molecule has 0 bridgehead atoms. The molecule has 8 heteroatoms. The number of ether oxygens (including phenoxy) is 1. The molecule has 1 fully saturated rings. The molecule has 2 heterocycles. The van der Waals surface area contributed by atoms with Crippen molar-refractivity contribution in [2.24, 2.45) is 0 Å². The summed E-state index contributed by atoms with van der Waals surface area (Å²) in [6.07, 6.45) is 2.42. The van der Waals surface area contributed by atoms with Gasteiger partial charge < -0.3 is 15.4 Å². The smallest absolute Gasteiger partial charge is 0.297 e. The third-order valence-corrected chi connectivity index (χ3v) is 4.93. The number of alkyl halides is 2. The number of nitrogens with zero attached hydrogens (tertiary/aromatic N) is 1. The second-order valence-electron chi connectivity index (χ2n) is 7.20. The Labute approximate surface area is 154 Å².